The molecule has 4 heteroatoms. The van der Waals surface area contributed by atoms with E-state index >= 15 is 0 Å². The van der Waals surface area contributed by atoms with Gasteiger partial charge in [-0.1, -0.05) is 51.2 Å². The zero-order valence-electron chi connectivity index (χ0n) is 11.3. The summed E-state index contributed by atoms with van der Waals surface area (Å²) in [5.41, 5.74) is 0. The highest BCUT2D eigenvalue weighted by atomic mass is 16.4. The van der Waals surface area contributed by atoms with Crippen LogP contribution in [0.3, 0.4) is 0 Å². The fourth-order valence-electron chi connectivity index (χ4n) is 2.24. The Hall–Kier alpha value is -0.420. The van der Waals surface area contributed by atoms with Crippen LogP contribution in [0.25, 0.3) is 0 Å². The minimum atomic E-state index is -1.09. The second kappa shape index (κ2) is 8.64. The highest BCUT2D eigenvalue weighted by Crippen LogP contribution is 2.13. The van der Waals surface area contributed by atoms with Gasteiger partial charge in [0.25, 0.3) is 0 Å². The molecule has 0 bridgehead atoms. The molecule has 0 saturated carbocycles. The molecule has 0 amide bonds. The SMILES string of the molecule is CCCCCCCCN[C@H]1C=C[C@@H](O)[C@@H](O)[C@@H]1O. The number of hydrogen-bond acceptors (Lipinski definition) is 4. The molecule has 0 radical (unpaired) electrons. The van der Waals surface area contributed by atoms with E-state index in [4.69, 9.17) is 0 Å². The zero-order valence-corrected chi connectivity index (χ0v) is 11.3. The van der Waals surface area contributed by atoms with Gasteiger partial charge in [0.05, 0.1) is 6.04 Å². The Kier molecular flexibility index (Phi) is 7.51. The molecule has 0 aromatic carbocycles. The van der Waals surface area contributed by atoms with E-state index in [2.05, 4.69) is 12.2 Å². The van der Waals surface area contributed by atoms with E-state index in [1.54, 1.807) is 6.08 Å². The van der Waals surface area contributed by atoms with Crippen LogP contribution in [0.15, 0.2) is 12.2 Å². The minimum Gasteiger partial charge on any atom is -0.388 e. The summed E-state index contributed by atoms with van der Waals surface area (Å²) in [6, 6.07) is -0.251. The second-order valence-corrected chi connectivity index (χ2v) is 5.10. The van der Waals surface area contributed by atoms with Crippen molar-refractivity contribution >= 4 is 0 Å². The van der Waals surface area contributed by atoms with Crippen LogP contribution < -0.4 is 5.32 Å². The largest absolute Gasteiger partial charge is 0.388 e. The van der Waals surface area contributed by atoms with Crippen LogP contribution >= 0.6 is 0 Å². The van der Waals surface area contributed by atoms with Gasteiger partial charge in [-0.2, -0.15) is 0 Å². The van der Waals surface area contributed by atoms with Gasteiger partial charge in [-0.15, -0.1) is 0 Å². The first-order valence-corrected chi connectivity index (χ1v) is 7.12. The van der Waals surface area contributed by atoms with Gasteiger partial charge in [0.15, 0.2) is 0 Å². The Labute approximate surface area is 110 Å². The lowest BCUT2D eigenvalue weighted by atomic mass is 9.94. The van der Waals surface area contributed by atoms with Crippen molar-refractivity contribution in [2.45, 2.75) is 69.8 Å². The lowest BCUT2D eigenvalue weighted by Gasteiger charge is -2.31. The number of aliphatic hydroxyl groups is 3. The van der Waals surface area contributed by atoms with Gasteiger partial charge >= 0.3 is 0 Å². The Morgan fingerprint density at radius 1 is 0.889 bits per heavy atom. The lowest BCUT2D eigenvalue weighted by molar-refractivity contribution is -0.0564. The summed E-state index contributed by atoms with van der Waals surface area (Å²) in [5, 5.41) is 31.8. The molecule has 0 aliphatic heterocycles. The maximum atomic E-state index is 9.76. The third-order valence-corrected chi connectivity index (χ3v) is 3.49. The summed E-state index contributed by atoms with van der Waals surface area (Å²) in [6.07, 6.45) is 7.72. The Morgan fingerprint density at radius 2 is 1.56 bits per heavy atom. The van der Waals surface area contributed by atoms with E-state index in [1.807, 2.05) is 0 Å². The molecule has 0 heterocycles. The maximum absolute atomic E-state index is 9.76. The van der Waals surface area contributed by atoms with E-state index in [-0.39, 0.29) is 6.04 Å². The van der Waals surface area contributed by atoms with E-state index < -0.39 is 18.3 Å². The molecule has 0 spiro atoms. The van der Waals surface area contributed by atoms with Crippen LogP contribution in [0.4, 0.5) is 0 Å². The normalized spacial score (nSPS) is 31.8. The summed E-state index contributed by atoms with van der Waals surface area (Å²) in [7, 11) is 0. The summed E-state index contributed by atoms with van der Waals surface area (Å²) in [4.78, 5) is 0. The van der Waals surface area contributed by atoms with Crippen molar-refractivity contribution in [1.29, 1.82) is 0 Å². The predicted octanol–water partition coefficient (Wildman–Crippen LogP) is 0.958. The quantitative estimate of drug-likeness (QED) is 0.386. The topological polar surface area (TPSA) is 72.7 Å². The van der Waals surface area contributed by atoms with Crippen molar-refractivity contribution in [2.24, 2.45) is 0 Å². The minimum absolute atomic E-state index is 0.251. The monoisotopic (exact) mass is 257 g/mol. The molecule has 0 aromatic rings. The van der Waals surface area contributed by atoms with E-state index in [9.17, 15) is 15.3 Å². The molecule has 0 fully saturated rings. The maximum Gasteiger partial charge on any atom is 0.111 e. The third-order valence-electron chi connectivity index (χ3n) is 3.49. The molecule has 1 aliphatic carbocycles. The third kappa shape index (κ3) is 5.06. The first-order valence-electron chi connectivity index (χ1n) is 7.12. The van der Waals surface area contributed by atoms with Gasteiger partial charge < -0.3 is 20.6 Å². The summed E-state index contributed by atoms with van der Waals surface area (Å²) in [5.74, 6) is 0. The fourth-order valence-corrected chi connectivity index (χ4v) is 2.24. The summed E-state index contributed by atoms with van der Waals surface area (Å²) >= 11 is 0. The first kappa shape index (κ1) is 15.6. The van der Waals surface area contributed by atoms with Gasteiger partial charge in [0, 0.05) is 0 Å². The number of hydrogen-bond donors (Lipinski definition) is 4. The molecule has 0 saturated heterocycles. The fraction of sp³-hybridized carbons (Fsp3) is 0.857. The van der Waals surface area contributed by atoms with E-state index in [1.165, 1.54) is 38.2 Å². The highest BCUT2D eigenvalue weighted by molar-refractivity contribution is 5.10. The molecule has 1 rings (SSSR count). The van der Waals surface area contributed by atoms with Crippen LogP contribution in [0, 0.1) is 0 Å². The molecule has 18 heavy (non-hydrogen) atoms. The van der Waals surface area contributed by atoms with Crippen LogP contribution in [0.5, 0.6) is 0 Å². The van der Waals surface area contributed by atoms with Crippen LogP contribution in [0.2, 0.25) is 0 Å². The van der Waals surface area contributed by atoms with Crippen LogP contribution in [-0.2, 0) is 0 Å². The van der Waals surface area contributed by atoms with Crippen molar-refractivity contribution in [3.63, 3.8) is 0 Å². The highest BCUT2D eigenvalue weighted by Gasteiger charge is 2.32. The summed E-state index contributed by atoms with van der Waals surface area (Å²) < 4.78 is 0. The average Bonchev–Trinajstić information content (AvgIpc) is 2.37. The van der Waals surface area contributed by atoms with Crippen molar-refractivity contribution < 1.29 is 15.3 Å². The van der Waals surface area contributed by atoms with Crippen LogP contribution in [-0.4, -0.2) is 46.2 Å². The molecular formula is C14H27NO3. The molecule has 1 aliphatic rings. The Balaban J connectivity index is 2.10. The molecule has 4 atom stereocenters. The zero-order chi connectivity index (χ0) is 13.4. The van der Waals surface area contributed by atoms with Gasteiger partial charge in [-0.25, -0.2) is 0 Å². The van der Waals surface area contributed by atoms with Crippen LogP contribution in [0.1, 0.15) is 45.4 Å². The molecule has 4 N–H and O–H groups in total. The molecular weight excluding hydrogens is 230 g/mol. The number of unbranched alkanes of at least 4 members (excludes halogenated alkanes) is 5. The van der Waals surface area contributed by atoms with E-state index in [0.717, 1.165) is 13.0 Å². The lowest BCUT2D eigenvalue weighted by Crippen LogP contribution is -2.52. The van der Waals surface area contributed by atoms with Crippen molar-refractivity contribution in [3.8, 4) is 0 Å². The molecule has 0 unspecified atom stereocenters. The second-order valence-electron chi connectivity index (χ2n) is 5.10. The van der Waals surface area contributed by atoms with Gasteiger partial charge in [0.2, 0.25) is 0 Å². The number of rotatable bonds is 8. The predicted molar refractivity (Wildman–Crippen MR) is 72.3 cm³/mol. The Morgan fingerprint density at radius 3 is 2.28 bits per heavy atom. The van der Waals surface area contributed by atoms with Gasteiger partial charge in [-0.05, 0) is 13.0 Å². The van der Waals surface area contributed by atoms with Crippen molar-refractivity contribution in [2.75, 3.05) is 6.54 Å². The van der Waals surface area contributed by atoms with Crippen molar-refractivity contribution in [1.82, 2.24) is 5.32 Å². The molecule has 4 nitrogen and oxygen atoms in total. The van der Waals surface area contributed by atoms with E-state index in [0.29, 0.717) is 0 Å². The summed E-state index contributed by atoms with van der Waals surface area (Å²) in [6.45, 7) is 3.04. The number of nitrogens with one attached hydrogen (secondary N) is 1. The van der Waals surface area contributed by atoms with Gasteiger partial charge in [0.1, 0.15) is 18.3 Å². The Bertz CT molecular complexity index is 245. The smallest absolute Gasteiger partial charge is 0.111 e. The molecule has 106 valence electrons. The standard InChI is InChI=1S/C14H27NO3/c1-2-3-4-5-6-7-10-15-11-8-9-12(16)14(18)13(11)17/h8-9,11-18H,2-7,10H2,1H3/t11-,12+,13+,14+/m0/s1. The van der Waals surface area contributed by atoms with Crippen molar-refractivity contribution in [3.05, 3.63) is 12.2 Å². The average molecular weight is 257 g/mol. The first-order chi connectivity index (χ1) is 8.66. The molecule has 0 aromatic heterocycles. The van der Waals surface area contributed by atoms with Gasteiger partial charge in [-0.3, -0.25) is 0 Å². The number of aliphatic hydroxyl groups excluding tert-OH is 3.